The summed E-state index contributed by atoms with van der Waals surface area (Å²) in [5.41, 5.74) is 0. The maximum absolute atomic E-state index is 12.1. The van der Waals surface area contributed by atoms with Gasteiger partial charge in [-0.1, -0.05) is 6.92 Å². The summed E-state index contributed by atoms with van der Waals surface area (Å²) in [7, 11) is 0. The largest absolute Gasteiger partial charge is 0.348 e. The van der Waals surface area contributed by atoms with E-state index in [9.17, 15) is 4.79 Å². The average Bonchev–Trinajstić information content (AvgIpc) is 3.27. The van der Waals surface area contributed by atoms with E-state index >= 15 is 0 Å². The van der Waals surface area contributed by atoms with Crippen LogP contribution < -0.4 is 15.5 Å². The van der Waals surface area contributed by atoms with Crippen LogP contribution in [-0.2, 0) is 6.54 Å². The number of carbonyl (C=O) groups excluding carboxylic acids is 1. The van der Waals surface area contributed by atoms with Crippen LogP contribution in [0.1, 0.15) is 19.8 Å². The lowest BCUT2D eigenvalue weighted by Gasteiger charge is -2.32. The van der Waals surface area contributed by atoms with Crippen LogP contribution in [0.3, 0.4) is 0 Å². The molecule has 0 radical (unpaired) electrons. The van der Waals surface area contributed by atoms with E-state index in [1.807, 2.05) is 28.5 Å². The molecular weight excluding hydrogens is 324 g/mol. The van der Waals surface area contributed by atoms with Gasteiger partial charge < -0.3 is 15.5 Å². The summed E-state index contributed by atoms with van der Waals surface area (Å²) >= 11 is 1.67. The molecule has 7 nitrogen and oxygen atoms in total. The molecule has 0 saturated carbocycles. The fourth-order valence-corrected chi connectivity index (χ4v) is 3.58. The van der Waals surface area contributed by atoms with E-state index in [0.29, 0.717) is 12.5 Å². The summed E-state index contributed by atoms with van der Waals surface area (Å²) in [6.45, 7) is 5.43. The van der Waals surface area contributed by atoms with Gasteiger partial charge in [-0.15, -0.1) is 11.3 Å². The topological polar surface area (TPSA) is 75.1 Å². The van der Waals surface area contributed by atoms with Crippen molar-refractivity contribution in [3.05, 3.63) is 30.0 Å². The number of thiazole rings is 1. The molecule has 3 heterocycles. The molecule has 1 atom stereocenters. The minimum atomic E-state index is -0.0741. The van der Waals surface area contributed by atoms with E-state index in [-0.39, 0.29) is 12.1 Å². The Hall–Kier alpha value is -2.09. The van der Waals surface area contributed by atoms with Crippen molar-refractivity contribution in [3.63, 3.8) is 0 Å². The Morgan fingerprint density at radius 1 is 1.42 bits per heavy atom. The highest BCUT2D eigenvalue weighted by molar-refractivity contribution is 7.13. The van der Waals surface area contributed by atoms with Gasteiger partial charge in [0, 0.05) is 56.2 Å². The molecule has 0 unspecified atom stereocenters. The number of aromatic nitrogens is 3. The molecule has 1 fully saturated rings. The zero-order chi connectivity index (χ0) is 16.8. The SMILES string of the molecule is C[C@@H](CNC(=O)NC1CCN(c2nccs2)CC1)Cn1cccn1. The van der Waals surface area contributed by atoms with E-state index in [0.717, 1.165) is 37.6 Å². The van der Waals surface area contributed by atoms with Crippen LogP contribution in [0, 0.1) is 5.92 Å². The minimum Gasteiger partial charge on any atom is -0.348 e. The lowest BCUT2D eigenvalue weighted by atomic mass is 10.1. The summed E-state index contributed by atoms with van der Waals surface area (Å²) in [5.74, 6) is 0.336. The highest BCUT2D eigenvalue weighted by Gasteiger charge is 2.22. The first-order valence-electron chi connectivity index (χ1n) is 8.37. The number of anilines is 1. The number of hydrogen-bond donors (Lipinski definition) is 2. The first-order chi connectivity index (χ1) is 11.7. The highest BCUT2D eigenvalue weighted by atomic mass is 32.1. The number of piperidine rings is 1. The fraction of sp³-hybridized carbons (Fsp3) is 0.562. The van der Waals surface area contributed by atoms with E-state index < -0.39 is 0 Å². The third kappa shape index (κ3) is 4.70. The Morgan fingerprint density at radius 3 is 2.92 bits per heavy atom. The molecule has 2 aromatic rings. The molecular formula is C16H24N6OS. The first kappa shape index (κ1) is 16.8. The van der Waals surface area contributed by atoms with Gasteiger partial charge in [-0.2, -0.15) is 5.10 Å². The molecule has 0 bridgehead atoms. The van der Waals surface area contributed by atoms with Crippen LogP contribution in [0.15, 0.2) is 30.0 Å². The van der Waals surface area contributed by atoms with Gasteiger partial charge in [-0.25, -0.2) is 9.78 Å². The minimum absolute atomic E-state index is 0.0741. The Balaban J connectivity index is 1.34. The van der Waals surface area contributed by atoms with Crippen molar-refractivity contribution in [2.75, 3.05) is 24.5 Å². The number of carbonyl (C=O) groups is 1. The smallest absolute Gasteiger partial charge is 0.315 e. The Labute approximate surface area is 146 Å². The highest BCUT2D eigenvalue weighted by Crippen LogP contribution is 2.21. The van der Waals surface area contributed by atoms with Gasteiger partial charge in [0.1, 0.15) is 0 Å². The number of amides is 2. The zero-order valence-corrected chi connectivity index (χ0v) is 14.7. The lowest BCUT2D eigenvalue weighted by molar-refractivity contribution is 0.232. The fourth-order valence-electron chi connectivity index (χ4n) is 2.88. The van der Waals surface area contributed by atoms with Gasteiger partial charge in [0.2, 0.25) is 0 Å². The number of nitrogens with zero attached hydrogens (tertiary/aromatic N) is 4. The second-order valence-corrected chi connectivity index (χ2v) is 7.14. The molecule has 0 aliphatic carbocycles. The van der Waals surface area contributed by atoms with Crippen LogP contribution in [0.4, 0.5) is 9.93 Å². The monoisotopic (exact) mass is 348 g/mol. The predicted octanol–water partition coefficient (Wildman–Crippen LogP) is 1.94. The molecule has 0 spiro atoms. The van der Waals surface area contributed by atoms with Crippen LogP contribution in [0.2, 0.25) is 0 Å². The van der Waals surface area contributed by atoms with Gasteiger partial charge in [0.15, 0.2) is 5.13 Å². The molecule has 0 aromatic carbocycles. The predicted molar refractivity (Wildman–Crippen MR) is 95.3 cm³/mol. The van der Waals surface area contributed by atoms with Crippen molar-refractivity contribution in [1.29, 1.82) is 0 Å². The second kappa shape index (κ2) is 8.14. The van der Waals surface area contributed by atoms with Crippen molar-refractivity contribution in [2.45, 2.75) is 32.4 Å². The average molecular weight is 348 g/mol. The molecule has 3 rings (SSSR count). The first-order valence-corrected chi connectivity index (χ1v) is 9.25. The van der Waals surface area contributed by atoms with Gasteiger partial charge in [-0.05, 0) is 24.8 Å². The molecule has 1 saturated heterocycles. The Morgan fingerprint density at radius 2 is 2.25 bits per heavy atom. The Bertz CT molecular complexity index is 607. The summed E-state index contributed by atoms with van der Waals surface area (Å²) in [4.78, 5) is 18.7. The maximum Gasteiger partial charge on any atom is 0.315 e. The summed E-state index contributed by atoms with van der Waals surface area (Å²) < 4.78 is 1.89. The van der Waals surface area contributed by atoms with Gasteiger partial charge >= 0.3 is 6.03 Å². The third-order valence-electron chi connectivity index (χ3n) is 4.19. The Kier molecular flexibility index (Phi) is 5.68. The van der Waals surface area contributed by atoms with Crippen molar-refractivity contribution >= 4 is 22.5 Å². The molecule has 24 heavy (non-hydrogen) atoms. The second-order valence-electron chi connectivity index (χ2n) is 6.26. The zero-order valence-electron chi connectivity index (χ0n) is 13.9. The van der Waals surface area contributed by atoms with Crippen LogP contribution in [0.5, 0.6) is 0 Å². The summed E-state index contributed by atoms with van der Waals surface area (Å²) in [5, 5.41) is 13.3. The normalized spacial score (nSPS) is 16.8. The summed E-state index contributed by atoms with van der Waals surface area (Å²) in [6, 6.07) is 2.07. The van der Waals surface area contributed by atoms with Gasteiger partial charge in [0.05, 0.1) is 0 Å². The lowest BCUT2D eigenvalue weighted by Crippen LogP contribution is -2.48. The number of nitrogens with one attached hydrogen (secondary N) is 2. The van der Waals surface area contributed by atoms with E-state index in [1.54, 1.807) is 17.5 Å². The van der Waals surface area contributed by atoms with Crippen molar-refractivity contribution in [2.24, 2.45) is 5.92 Å². The van der Waals surface area contributed by atoms with Crippen molar-refractivity contribution in [1.82, 2.24) is 25.4 Å². The maximum atomic E-state index is 12.1. The molecule has 2 amide bonds. The van der Waals surface area contributed by atoms with Crippen LogP contribution in [-0.4, -0.2) is 46.5 Å². The summed E-state index contributed by atoms with van der Waals surface area (Å²) in [6.07, 6.45) is 7.45. The standard InChI is InChI=1S/C16H24N6OS/c1-13(12-22-7-2-5-19-22)11-18-15(23)20-14-3-8-21(9-4-14)16-17-6-10-24-16/h2,5-7,10,13-14H,3-4,8-9,11-12H2,1H3,(H2,18,20,23)/t13-/m0/s1. The molecule has 1 aliphatic rings. The quantitative estimate of drug-likeness (QED) is 0.837. The molecule has 2 N–H and O–H groups in total. The molecule has 1 aliphatic heterocycles. The molecule has 2 aromatic heterocycles. The van der Waals surface area contributed by atoms with Crippen LogP contribution >= 0.6 is 11.3 Å². The molecule has 8 heteroatoms. The van der Waals surface area contributed by atoms with Crippen molar-refractivity contribution in [3.8, 4) is 0 Å². The van der Waals surface area contributed by atoms with Crippen LogP contribution in [0.25, 0.3) is 0 Å². The number of rotatable bonds is 6. The number of hydrogen-bond acceptors (Lipinski definition) is 5. The molecule has 130 valence electrons. The van der Waals surface area contributed by atoms with E-state index in [4.69, 9.17) is 0 Å². The third-order valence-corrected chi connectivity index (χ3v) is 5.02. The van der Waals surface area contributed by atoms with E-state index in [1.165, 1.54) is 0 Å². The van der Waals surface area contributed by atoms with E-state index in [2.05, 4.69) is 32.5 Å². The van der Waals surface area contributed by atoms with Gasteiger partial charge in [0.25, 0.3) is 0 Å². The number of urea groups is 1. The van der Waals surface area contributed by atoms with Crippen molar-refractivity contribution < 1.29 is 4.79 Å². The van der Waals surface area contributed by atoms with Gasteiger partial charge in [-0.3, -0.25) is 4.68 Å².